The number of hydrogen-bond donors (Lipinski definition) is 2. The molecule has 2 N–H and O–H groups in total. The number of hydrogen-bond acceptors (Lipinski definition) is 3. The van der Waals surface area contributed by atoms with Gasteiger partial charge in [-0.05, 0) is 39.7 Å². The molecule has 1 atom stereocenters. The summed E-state index contributed by atoms with van der Waals surface area (Å²) in [5, 5.41) is 15.9. The molecule has 1 aromatic rings. The molecule has 0 bridgehead atoms. The van der Waals surface area contributed by atoms with E-state index in [9.17, 15) is 4.79 Å². The van der Waals surface area contributed by atoms with Crippen molar-refractivity contribution in [1.82, 2.24) is 15.1 Å². The van der Waals surface area contributed by atoms with Gasteiger partial charge < -0.3 is 10.4 Å². The zero-order valence-corrected chi connectivity index (χ0v) is 10.7. The number of carbonyl (C=O) groups is 1. The molecule has 1 unspecified atom stereocenters. The molecular weight excluding hydrogens is 218 g/mol. The number of rotatable bonds is 6. The molecule has 0 radical (unpaired) electrons. The molecule has 1 amide bonds. The Labute approximate surface area is 102 Å². The van der Waals surface area contributed by atoms with E-state index in [1.165, 1.54) is 0 Å². The third kappa shape index (κ3) is 3.85. The molecule has 0 aliphatic rings. The first-order valence-electron chi connectivity index (χ1n) is 6.04. The highest BCUT2D eigenvalue weighted by molar-refractivity contribution is 5.92. The number of nitrogens with one attached hydrogen (secondary N) is 1. The summed E-state index contributed by atoms with van der Waals surface area (Å²) in [4.78, 5) is 12.0. The zero-order chi connectivity index (χ0) is 12.8. The molecule has 0 aliphatic carbocycles. The average Bonchev–Trinajstić information content (AvgIpc) is 2.67. The predicted octanol–water partition coefficient (Wildman–Crippen LogP) is 1.10. The quantitative estimate of drug-likeness (QED) is 0.781. The van der Waals surface area contributed by atoms with Crippen molar-refractivity contribution in [2.24, 2.45) is 0 Å². The van der Waals surface area contributed by atoms with E-state index < -0.39 is 0 Å². The van der Waals surface area contributed by atoms with Crippen LogP contribution in [0.5, 0.6) is 0 Å². The third-order valence-corrected chi connectivity index (χ3v) is 2.61. The summed E-state index contributed by atoms with van der Waals surface area (Å²) in [5.74, 6) is -0.0992. The van der Waals surface area contributed by atoms with Crippen molar-refractivity contribution in [2.75, 3.05) is 6.61 Å². The van der Waals surface area contributed by atoms with E-state index in [0.717, 1.165) is 12.1 Å². The minimum Gasteiger partial charge on any atom is -0.396 e. The van der Waals surface area contributed by atoms with Gasteiger partial charge in [0.2, 0.25) is 0 Å². The van der Waals surface area contributed by atoms with Gasteiger partial charge >= 0.3 is 0 Å². The largest absolute Gasteiger partial charge is 0.396 e. The number of aryl methyl sites for hydroxylation is 2. The van der Waals surface area contributed by atoms with Crippen LogP contribution in [0, 0.1) is 6.92 Å². The van der Waals surface area contributed by atoms with Crippen LogP contribution in [-0.4, -0.2) is 33.4 Å². The lowest BCUT2D eigenvalue weighted by Gasteiger charge is -2.13. The maximum absolute atomic E-state index is 12.0. The molecule has 17 heavy (non-hydrogen) atoms. The molecule has 5 nitrogen and oxygen atoms in total. The van der Waals surface area contributed by atoms with Gasteiger partial charge in [0.05, 0.1) is 5.69 Å². The van der Waals surface area contributed by atoms with E-state index in [1.54, 1.807) is 10.7 Å². The molecule has 1 heterocycles. The highest BCUT2D eigenvalue weighted by Crippen LogP contribution is 2.05. The first kappa shape index (κ1) is 13.7. The van der Waals surface area contributed by atoms with Crippen LogP contribution in [0.4, 0.5) is 0 Å². The Morgan fingerprint density at radius 2 is 2.35 bits per heavy atom. The van der Waals surface area contributed by atoms with E-state index in [4.69, 9.17) is 5.11 Å². The predicted molar refractivity (Wildman–Crippen MR) is 65.9 cm³/mol. The van der Waals surface area contributed by atoms with Crippen LogP contribution >= 0.6 is 0 Å². The summed E-state index contributed by atoms with van der Waals surface area (Å²) < 4.78 is 1.70. The third-order valence-electron chi connectivity index (χ3n) is 2.61. The molecule has 96 valence electrons. The topological polar surface area (TPSA) is 67.2 Å². The fourth-order valence-corrected chi connectivity index (χ4v) is 1.74. The molecular formula is C12H21N3O2. The van der Waals surface area contributed by atoms with Gasteiger partial charge in [-0.3, -0.25) is 9.48 Å². The minimum absolute atomic E-state index is 0.0650. The van der Waals surface area contributed by atoms with Gasteiger partial charge in [-0.25, -0.2) is 0 Å². The lowest BCUT2D eigenvalue weighted by atomic mass is 10.2. The van der Waals surface area contributed by atoms with Crippen LogP contribution in [0.25, 0.3) is 0 Å². The summed E-state index contributed by atoms with van der Waals surface area (Å²) in [6.07, 6.45) is 1.48. The Morgan fingerprint density at radius 3 is 2.94 bits per heavy atom. The van der Waals surface area contributed by atoms with Crippen molar-refractivity contribution in [2.45, 2.75) is 46.2 Å². The highest BCUT2D eigenvalue weighted by Gasteiger charge is 2.14. The van der Waals surface area contributed by atoms with Gasteiger partial charge in [0.25, 0.3) is 5.91 Å². The average molecular weight is 239 g/mol. The van der Waals surface area contributed by atoms with Crippen molar-refractivity contribution in [3.05, 3.63) is 17.5 Å². The van der Waals surface area contributed by atoms with Crippen molar-refractivity contribution < 1.29 is 9.90 Å². The molecule has 0 saturated heterocycles. The van der Waals surface area contributed by atoms with Gasteiger partial charge in [0.15, 0.2) is 0 Å². The lowest BCUT2D eigenvalue weighted by molar-refractivity contribution is 0.0925. The number of aliphatic hydroxyl groups excluding tert-OH is 1. The normalized spacial score (nSPS) is 12.5. The fourth-order valence-electron chi connectivity index (χ4n) is 1.74. The first-order valence-corrected chi connectivity index (χ1v) is 6.04. The van der Waals surface area contributed by atoms with Gasteiger partial charge in [0.1, 0.15) is 5.69 Å². The van der Waals surface area contributed by atoms with Crippen LogP contribution in [-0.2, 0) is 6.54 Å². The Kier molecular flexibility index (Phi) is 5.15. The maximum atomic E-state index is 12.0. The van der Waals surface area contributed by atoms with Crippen molar-refractivity contribution in [1.29, 1.82) is 0 Å². The fraction of sp³-hybridized carbons (Fsp3) is 0.667. The van der Waals surface area contributed by atoms with E-state index in [2.05, 4.69) is 10.4 Å². The minimum atomic E-state index is -0.0992. The second kappa shape index (κ2) is 6.39. The zero-order valence-electron chi connectivity index (χ0n) is 10.7. The van der Waals surface area contributed by atoms with Crippen molar-refractivity contribution in [3.63, 3.8) is 0 Å². The van der Waals surface area contributed by atoms with Crippen LogP contribution < -0.4 is 5.32 Å². The maximum Gasteiger partial charge on any atom is 0.269 e. The van der Waals surface area contributed by atoms with Crippen LogP contribution in [0.15, 0.2) is 6.07 Å². The van der Waals surface area contributed by atoms with Gasteiger partial charge in [-0.15, -0.1) is 0 Å². The summed E-state index contributed by atoms with van der Waals surface area (Å²) >= 11 is 0. The SMILES string of the molecule is CCn1nc(C)cc1C(=O)NC(C)CCCO. The standard InChI is InChI=1S/C12H21N3O2/c1-4-15-11(8-10(3)14-15)12(17)13-9(2)6-5-7-16/h8-9,16H,4-7H2,1-3H3,(H,13,17). The van der Waals surface area contributed by atoms with Gasteiger partial charge in [0, 0.05) is 19.2 Å². The highest BCUT2D eigenvalue weighted by atomic mass is 16.3. The number of nitrogens with zero attached hydrogens (tertiary/aromatic N) is 2. The number of amides is 1. The summed E-state index contributed by atoms with van der Waals surface area (Å²) in [7, 11) is 0. The monoisotopic (exact) mass is 239 g/mol. The second-order valence-corrected chi connectivity index (χ2v) is 4.23. The number of aliphatic hydroxyl groups is 1. The van der Waals surface area contributed by atoms with Gasteiger partial charge in [-0.2, -0.15) is 5.10 Å². The molecule has 5 heteroatoms. The molecule has 0 saturated carbocycles. The number of aromatic nitrogens is 2. The Balaban J connectivity index is 2.62. The lowest BCUT2D eigenvalue weighted by Crippen LogP contribution is -2.34. The Bertz CT molecular complexity index is 374. The van der Waals surface area contributed by atoms with Crippen molar-refractivity contribution >= 4 is 5.91 Å². The summed E-state index contributed by atoms with van der Waals surface area (Å²) in [6, 6.07) is 1.85. The van der Waals surface area contributed by atoms with Crippen LogP contribution in [0.3, 0.4) is 0 Å². The molecule has 0 fully saturated rings. The van der Waals surface area contributed by atoms with Gasteiger partial charge in [-0.1, -0.05) is 0 Å². The summed E-state index contributed by atoms with van der Waals surface area (Å²) in [5.41, 5.74) is 1.45. The molecule has 0 aromatic carbocycles. The first-order chi connectivity index (χ1) is 8.08. The molecule has 0 aliphatic heterocycles. The van der Waals surface area contributed by atoms with Crippen LogP contribution in [0.2, 0.25) is 0 Å². The molecule has 0 spiro atoms. The van der Waals surface area contributed by atoms with Crippen molar-refractivity contribution in [3.8, 4) is 0 Å². The molecule has 1 aromatic heterocycles. The second-order valence-electron chi connectivity index (χ2n) is 4.23. The number of carbonyl (C=O) groups excluding carboxylic acids is 1. The summed E-state index contributed by atoms with van der Waals surface area (Å²) in [6.45, 7) is 6.61. The van der Waals surface area contributed by atoms with E-state index in [-0.39, 0.29) is 18.6 Å². The smallest absolute Gasteiger partial charge is 0.269 e. The molecule has 1 rings (SSSR count). The Hall–Kier alpha value is -1.36. The van der Waals surface area contributed by atoms with Crippen LogP contribution in [0.1, 0.15) is 42.9 Å². The van der Waals surface area contributed by atoms with E-state index in [1.807, 2.05) is 20.8 Å². The van der Waals surface area contributed by atoms with E-state index >= 15 is 0 Å². The van der Waals surface area contributed by atoms with E-state index in [0.29, 0.717) is 18.7 Å². The Morgan fingerprint density at radius 1 is 1.65 bits per heavy atom.